The van der Waals surface area contributed by atoms with Crippen LogP contribution in [0, 0.1) is 12.8 Å². The molecular formula is C27H26F3N5O5. The van der Waals surface area contributed by atoms with Crippen LogP contribution in [0.3, 0.4) is 0 Å². The van der Waals surface area contributed by atoms with Gasteiger partial charge < -0.3 is 25.6 Å². The average molecular weight is 558 g/mol. The van der Waals surface area contributed by atoms with Gasteiger partial charge in [0.25, 0.3) is 5.91 Å². The third kappa shape index (κ3) is 6.14. The molecule has 4 N–H and O–H groups in total. The Hall–Kier alpha value is -4.68. The number of hydrogen-bond acceptors (Lipinski definition) is 7. The van der Waals surface area contributed by atoms with E-state index in [1.54, 1.807) is 48.5 Å². The highest BCUT2D eigenvalue weighted by molar-refractivity contribution is 6.20. The van der Waals surface area contributed by atoms with Gasteiger partial charge in [-0.3, -0.25) is 14.4 Å². The van der Waals surface area contributed by atoms with E-state index >= 15 is 0 Å². The van der Waals surface area contributed by atoms with Crippen LogP contribution in [0.1, 0.15) is 41.1 Å². The Bertz CT molecular complexity index is 1440. The molecule has 3 atom stereocenters. The normalized spacial score (nSPS) is 16.6. The fraction of sp³-hybridized carbons (Fsp3) is 0.296. The number of carbonyl (C=O) groups excluding carboxylic acids is 3. The summed E-state index contributed by atoms with van der Waals surface area (Å²) < 4.78 is 49.9. The minimum absolute atomic E-state index is 0.0748. The number of nitrogens with zero attached hydrogens (tertiary/aromatic N) is 2. The Kier molecular flexibility index (Phi) is 8.21. The van der Waals surface area contributed by atoms with Crippen LogP contribution >= 0.6 is 0 Å². The lowest BCUT2D eigenvalue weighted by atomic mass is 9.82. The molecule has 0 saturated carbocycles. The van der Waals surface area contributed by atoms with Crippen molar-refractivity contribution in [3.8, 4) is 5.75 Å². The first-order valence-corrected chi connectivity index (χ1v) is 12.2. The number of ether oxygens (including phenoxy) is 1. The Morgan fingerprint density at radius 1 is 1.18 bits per heavy atom. The molecule has 0 aliphatic carbocycles. The number of benzene rings is 2. The van der Waals surface area contributed by atoms with Crippen LogP contribution in [0.5, 0.6) is 5.75 Å². The Labute approximate surface area is 226 Å². The molecule has 0 radical (unpaired) electrons. The molecule has 1 unspecified atom stereocenters. The summed E-state index contributed by atoms with van der Waals surface area (Å²) in [6.45, 7) is 1.47. The number of fused-ring (bicyclic) bond motifs is 1. The molecule has 1 aliphatic rings. The fourth-order valence-electron chi connectivity index (χ4n) is 4.58. The van der Waals surface area contributed by atoms with Crippen molar-refractivity contribution in [2.45, 2.75) is 38.0 Å². The fourth-order valence-corrected chi connectivity index (χ4v) is 4.58. The summed E-state index contributed by atoms with van der Waals surface area (Å²) >= 11 is 0. The summed E-state index contributed by atoms with van der Waals surface area (Å²) in [6, 6.07) is 13.9. The van der Waals surface area contributed by atoms with Crippen molar-refractivity contribution in [1.82, 2.24) is 10.5 Å². The van der Waals surface area contributed by atoms with Gasteiger partial charge in [-0.1, -0.05) is 47.6 Å². The van der Waals surface area contributed by atoms with Gasteiger partial charge in [0.2, 0.25) is 18.0 Å². The first-order valence-electron chi connectivity index (χ1n) is 12.2. The minimum Gasteiger partial charge on any atom is -0.495 e. The van der Waals surface area contributed by atoms with E-state index < -0.39 is 54.7 Å². The summed E-state index contributed by atoms with van der Waals surface area (Å²) in [5.74, 6) is -5.62. The van der Waals surface area contributed by atoms with Gasteiger partial charge in [-0.05, 0) is 19.4 Å². The minimum atomic E-state index is -4.62. The monoisotopic (exact) mass is 557 g/mol. The molecule has 0 fully saturated rings. The van der Waals surface area contributed by atoms with Crippen molar-refractivity contribution < 1.29 is 36.8 Å². The van der Waals surface area contributed by atoms with Crippen LogP contribution in [-0.2, 0) is 14.4 Å². The number of hydrogen-bond donors (Lipinski definition) is 3. The number of para-hydroxylation sites is 1. The SMILES string of the molecule is COc1cccc2c1NC(=O)C(NC(=O)[C@H](CCC(F)(F)F)[C@@H](C(N)=O)c1conc1C)N=C2c1ccccc1. The predicted molar refractivity (Wildman–Crippen MR) is 138 cm³/mol. The molecule has 13 heteroatoms. The van der Waals surface area contributed by atoms with Crippen molar-refractivity contribution in [1.29, 1.82) is 0 Å². The van der Waals surface area contributed by atoms with Crippen LogP contribution in [0.15, 0.2) is 64.3 Å². The number of methoxy groups -OCH3 is 1. The van der Waals surface area contributed by atoms with Crippen LogP contribution in [0.2, 0.25) is 0 Å². The largest absolute Gasteiger partial charge is 0.495 e. The van der Waals surface area contributed by atoms with E-state index in [0.29, 0.717) is 28.3 Å². The van der Waals surface area contributed by atoms with Crippen molar-refractivity contribution in [3.05, 3.63) is 77.2 Å². The summed E-state index contributed by atoms with van der Waals surface area (Å²) in [7, 11) is 1.42. The number of nitrogens with one attached hydrogen (secondary N) is 2. The quantitative estimate of drug-likeness (QED) is 0.367. The summed E-state index contributed by atoms with van der Waals surface area (Å²) in [4.78, 5) is 43.8. The second-order valence-electron chi connectivity index (χ2n) is 9.12. The number of carbonyl (C=O) groups is 3. The maximum atomic E-state index is 13.6. The zero-order valence-electron chi connectivity index (χ0n) is 21.5. The van der Waals surface area contributed by atoms with E-state index in [9.17, 15) is 27.6 Å². The van der Waals surface area contributed by atoms with E-state index in [0.717, 1.165) is 6.26 Å². The third-order valence-corrected chi connectivity index (χ3v) is 6.49. The van der Waals surface area contributed by atoms with Gasteiger partial charge >= 0.3 is 6.18 Å². The number of benzodiazepines with no additional fused rings is 1. The lowest BCUT2D eigenvalue weighted by Gasteiger charge is -2.25. The average Bonchev–Trinajstić information content (AvgIpc) is 3.27. The standard InChI is InChI=1S/C27H26F3N5O5/c1-14-18(13-40-35-14)20(23(31)36)16(11-12-27(28,29)30)25(37)34-24-26(38)33-22-17(9-6-10-19(22)39-2)21(32-24)15-7-4-3-5-8-15/h3-10,13,16,20,24H,11-12H2,1-2H3,(H2,31,36)(H,33,38)(H,34,37)/t16-,20-,24?/m1/s1. The van der Waals surface area contributed by atoms with Gasteiger partial charge in [0.15, 0.2) is 0 Å². The van der Waals surface area contributed by atoms with E-state index in [4.69, 9.17) is 15.0 Å². The number of nitrogens with two attached hydrogens (primary N) is 1. The molecule has 1 aromatic heterocycles. The Morgan fingerprint density at radius 2 is 1.90 bits per heavy atom. The van der Waals surface area contributed by atoms with Crippen molar-refractivity contribution in [2.75, 3.05) is 12.4 Å². The zero-order chi connectivity index (χ0) is 29.0. The number of alkyl halides is 3. The van der Waals surface area contributed by atoms with Crippen molar-refractivity contribution in [3.63, 3.8) is 0 Å². The molecule has 2 aromatic carbocycles. The maximum absolute atomic E-state index is 13.6. The molecule has 2 heterocycles. The molecule has 0 spiro atoms. The van der Waals surface area contributed by atoms with Crippen molar-refractivity contribution in [2.24, 2.45) is 16.6 Å². The molecule has 4 rings (SSSR count). The number of aliphatic imine (C=N–C) groups is 1. The predicted octanol–water partition coefficient (Wildman–Crippen LogP) is 3.45. The van der Waals surface area contributed by atoms with Crippen LogP contribution in [0.25, 0.3) is 0 Å². The second-order valence-corrected chi connectivity index (χ2v) is 9.12. The van der Waals surface area contributed by atoms with E-state index in [1.807, 2.05) is 0 Å². The number of primary amides is 1. The highest BCUT2D eigenvalue weighted by atomic mass is 19.4. The number of halogens is 3. The highest BCUT2D eigenvalue weighted by Gasteiger charge is 2.41. The smallest absolute Gasteiger partial charge is 0.389 e. The lowest BCUT2D eigenvalue weighted by Crippen LogP contribution is -2.47. The van der Waals surface area contributed by atoms with E-state index in [1.165, 1.54) is 14.0 Å². The van der Waals surface area contributed by atoms with Crippen LogP contribution < -0.4 is 21.1 Å². The molecule has 0 bridgehead atoms. The number of aryl methyl sites for hydroxylation is 1. The van der Waals surface area contributed by atoms with Crippen molar-refractivity contribution >= 4 is 29.1 Å². The van der Waals surface area contributed by atoms with Gasteiger partial charge in [-0.25, -0.2) is 4.99 Å². The van der Waals surface area contributed by atoms with Gasteiger partial charge in [0.05, 0.1) is 36.0 Å². The Morgan fingerprint density at radius 3 is 2.50 bits per heavy atom. The second kappa shape index (κ2) is 11.6. The topological polar surface area (TPSA) is 149 Å². The van der Waals surface area contributed by atoms with Crippen LogP contribution in [-0.4, -0.2) is 48.0 Å². The summed E-state index contributed by atoms with van der Waals surface area (Å²) in [5.41, 5.74) is 7.56. The lowest BCUT2D eigenvalue weighted by molar-refractivity contribution is -0.144. The molecule has 0 saturated heterocycles. The maximum Gasteiger partial charge on any atom is 0.389 e. The number of anilines is 1. The zero-order valence-corrected chi connectivity index (χ0v) is 21.5. The highest BCUT2D eigenvalue weighted by Crippen LogP contribution is 2.35. The number of rotatable bonds is 9. The Balaban J connectivity index is 1.75. The van der Waals surface area contributed by atoms with E-state index in [2.05, 4.69) is 20.8 Å². The molecule has 3 amide bonds. The molecule has 3 aromatic rings. The third-order valence-electron chi connectivity index (χ3n) is 6.49. The summed E-state index contributed by atoms with van der Waals surface area (Å²) in [5, 5.41) is 8.78. The molecule has 40 heavy (non-hydrogen) atoms. The van der Waals surface area contributed by atoms with Crippen LogP contribution in [0.4, 0.5) is 18.9 Å². The molecule has 1 aliphatic heterocycles. The van der Waals surface area contributed by atoms with Gasteiger partial charge in [0.1, 0.15) is 12.0 Å². The molecular weight excluding hydrogens is 531 g/mol. The first-order chi connectivity index (χ1) is 19.0. The number of aromatic nitrogens is 1. The summed E-state index contributed by atoms with van der Waals surface area (Å²) in [6.07, 6.45) is -7.29. The molecule has 210 valence electrons. The van der Waals surface area contributed by atoms with Gasteiger partial charge in [-0.2, -0.15) is 13.2 Å². The molecule has 10 nitrogen and oxygen atoms in total. The van der Waals surface area contributed by atoms with Gasteiger partial charge in [-0.15, -0.1) is 0 Å². The van der Waals surface area contributed by atoms with Gasteiger partial charge in [0, 0.05) is 23.1 Å². The first kappa shape index (κ1) is 28.3. The number of amides is 3. The van der Waals surface area contributed by atoms with E-state index in [-0.39, 0.29) is 11.3 Å².